The maximum absolute atomic E-state index is 13.5. The van der Waals surface area contributed by atoms with Crippen molar-refractivity contribution in [3.8, 4) is 0 Å². The maximum Gasteiger partial charge on any atom is 0.245 e. The molecule has 2 rings (SSSR count). The molecule has 260 valence electrons. The fourth-order valence-electron chi connectivity index (χ4n) is 5.11. The van der Waals surface area contributed by atoms with Crippen LogP contribution in [0.25, 0.3) is 10.1 Å². The number of aliphatic hydroxyl groups excluding tert-OH is 1. The van der Waals surface area contributed by atoms with Crippen molar-refractivity contribution in [2.45, 2.75) is 96.9 Å². The van der Waals surface area contributed by atoms with Gasteiger partial charge in [0.15, 0.2) is 5.78 Å². The highest BCUT2D eigenvalue weighted by Gasteiger charge is 2.34. The average molecular weight is 675 g/mol. The molecule has 1 aromatic carbocycles. The number of hydrogen-bond donors (Lipinski definition) is 7. The molecular formula is C33H50N6O7S. The summed E-state index contributed by atoms with van der Waals surface area (Å²) < 4.78 is 1.10. The average Bonchev–Trinajstić information content (AvgIpc) is 3.46. The lowest BCUT2D eigenvalue weighted by Crippen LogP contribution is -2.60. The van der Waals surface area contributed by atoms with Crippen LogP contribution < -0.4 is 32.3 Å². The van der Waals surface area contributed by atoms with Crippen LogP contribution in [0.15, 0.2) is 29.6 Å². The van der Waals surface area contributed by atoms with Crippen LogP contribution in [0.5, 0.6) is 0 Å². The van der Waals surface area contributed by atoms with E-state index in [2.05, 4.69) is 26.6 Å². The first-order valence-electron chi connectivity index (χ1n) is 16.0. The number of thiophene rings is 1. The second kappa shape index (κ2) is 19.1. The second-order valence-electron chi connectivity index (χ2n) is 12.0. The van der Waals surface area contributed by atoms with Gasteiger partial charge in [0.1, 0.15) is 18.1 Å². The van der Waals surface area contributed by atoms with E-state index in [-0.39, 0.29) is 30.5 Å². The molecule has 8 N–H and O–H groups in total. The van der Waals surface area contributed by atoms with Crippen molar-refractivity contribution in [3.63, 3.8) is 0 Å². The second-order valence-corrected chi connectivity index (χ2v) is 12.9. The van der Waals surface area contributed by atoms with Crippen molar-refractivity contribution in [1.29, 1.82) is 0 Å². The first-order valence-corrected chi connectivity index (χ1v) is 16.9. The van der Waals surface area contributed by atoms with Crippen LogP contribution in [0.3, 0.4) is 0 Å². The van der Waals surface area contributed by atoms with Crippen LogP contribution in [0, 0.1) is 11.8 Å². The molecular weight excluding hydrogens is 624 g/mol. The largest absolute Gasteiger partial charge is 0.394 e. The zero-order valence-electron chi connectivity index (χ0n) is 28.1. The highest BCUT2D eigenvalue weighted by atomic mass is 32.1. The van der Waals surface area contributed by atoms with E-state index in [0.29, 0.717) is 19.3 Å². The number of ketones is 1. The number of carbonyl (C=O) groups is 6. The molecule has 13 nitrogen and oxygen atoms in total. The van der Waals surface area contributed by atoms with E-state index in [1.54, 1.807) is 32.2 Å². The number of amides is 5. The van der Waals surface area contributed by atoms with Gasteiger partial charge in [0.25, 0.3) is 0 Å². The Morgan fingerprint density at radius 2 is 1.36 bits per heavy atom. The summed E-state index contributed by atoms with van der Waals surface area (Å²) in [6.45, 7) is 7.85. The monoisotopic (exact) mass is 674 g/mol. The van der Waals surface area contributed by atoms with Gasteiger partial charge in [0.2, 0.25) is 29.5 Å². The first kappa shape index (κ1) is 39.3. The predicted octanol–water partition coefficient (Wildman–Crippen LogP) is 0.910. The number of benzene rings is 1. The van der Waals surface area contributed by atoms with Crippen LogP contribution in [-0.4, -0.2) is 84.3 Å². The molecule has 14 heteroatoms. The summed E-state index contributed by atoms with van der Waals surface area (Å²) in [7, 11) is 1.66. The van der Waals surface area contributed by atoms with Crippen molar-refractivity contribution in [1.82, 2.24) is 26.6 Å². The molecule has 0 bridgehead atoms. The molecule has 5 amide bonds. The van der Waals surface area contributed by atoms with E-state index < -0.39 is 66.4 Å². The fourth-order valence-corrected chi connectivity index (χ4v) is 6.09. The summed E-state index contributed by atoms with van der Waals surface area (Å²) in [5.41, 5.74) is 6.27. The molecule has 0 spiro atoms. The number of carbonyl (C=O) groups excluding carboxylic acids is 6. The van der Waals surface area contributed by atoms with Crippen LogP contribution in [-0.2, 0) is 35.2 Å². The molecule has 0 aliphatic carbocycles. The molecule has 47 heavy (non-hydrogen) atoms. The van der Waals surface area contributed by atoms with Crippen LogP contribution in [0.4, 0.5) is 0 Å². The Labute approximate surface area is 280 Å². The summed E-state index contributed by atoms with van der Waals surface area (Å²) in [5, 5.41) is 26.6. The van der Waals surface area contributed by atoms with Crippen molar-refractivity contribution >= 4 is 56.7 Å². The number of Topliss-reactive ketones (excluding diaryl/α,β-unsaturated/α-hetero) is 1. The summed E-state index contributed by atoms with van der Waals surface area (Å²) in [6.07, 6.45) is 1.12. The molecule has 1 heterocycles. The van der Waals surface area contributed by atoms with E-state index in [1.165, 1.54) is 6.92 Å². The summed E-state index contributed by atoms with van der Waals surface area (Å²) in [6, 6.07) is 2.64. The molecule has 0 aliphatic heterocycles. The number of rotatable bonds is 20. The smallest absolute Gasteiger partial charge is 0.245 e. The number of aliphatic hydroxyl groups is 1. The molecule has 0 saturated carbocycles. The van der Waals surface area contributed by atoms with Crippen LogP contribution >= 0.6 is 11.3 Å². The lowest BCUT2D eigenvalue weighted by molar-refractivity contribution is -0.136. The highest BCUT2D eigenvalue weighted by Crippen LogP contribution is 2.26. The molecule has 1 aromatic heterocycles. The quantitative estimate of drug-likeness (QED) is 0.107. The number of hydrogen-bond acceptors (Lipinski definition) is 9. The molecule has 0 radical (unpaired) electrons. The van der Waals surface area contributed by atoms with E-state index in [9.17, 15) is 33.9 Å². The minimum atomic E-state index is -1.48. The molecule has 2 aromatic rings. The Morgan fingerprint density at radius 1 is 0.809 bits per heavy atom. The third kappa shape index (κ3) is 11.4. The normalized spacial score (nSPS) is 15.7. The van der Waals surface area contributed by atoms with Gasteiger partial charge in [0.05, 0.1) is 18.7 Å². The molecule has 0 saturated heterocycles. The standard InChI is InChI=1S/C33H50N6O7S/c1-7-18(3)28(20(5)41)38-30(43)23(13-14-27(34)42)36-32(45)25(16-40)37-33(46)29(19(4)8-2)39-31(44)24(35-6)15-21-17-47-26-12-10-9-11-22(21)26/h9-12,17-19,23-25,28-29,35,40H,7-8,13-16H2,1-6H3,(H2,34,42)(H,36,45)(H,37,46)(H,38,43)(H,39,44)/t18-,19-,23+,24+,25-,28+,29-/m0/s1. The van der Waals surface area contributed by atoms with Crippen molar-refractivity contribution in [2.75, 3.05) is 13.7 Å². The van der Waals surface area contributed by atoms with Gasteiger partial charge in [-0.3, -0.25) is 28.8 Å². The van der Waals surface area contributed by atoms with Gasteiger partial charge < -0.3 is 37.4 Å². The number of nitrogens with two attached hydrogens (primary N) is 1. The Balaban J connectivity index is 2.18. The first-order chi connectivity index (χ1) is 22.3. The minimum Gasteiger partial charge on any atom is -0.394 e. The number of primary amides is 1. The Kier molecular flexibility index (Phi) is 15.9. The molecule has 0 unspecified atom stereocenters. The topological polar surface area (TPSA) is 209 Å². The van der Waals surface area contributed by atoms with E-state index in [4.69, 9.17) is 5.73 Å². The lowest BCUT2D eigenvalue weighted by Gasteiger charge is -2.29. The summed E-state index contributed by atoms with van der Waals surface area (Å²) >= 11 is 1.59. The third-order valence-corrected chi connectivity index (χ3v) is 9.53. The predicted molar refractivity (Wildman–Crippen MR) is 181 cm³/mol. The molecule has 0 fully saturated rings. The molecule has 0 aliphatic rings. The highest BCUT2D eigenvalue weighted by molar-refractivity contribution is 7.17. The number of nitrogens with one attached hydrogen (secondary N) is 5. The number of likely N-dealkylation sites (N-methyl/N-ethyl adjacent to an activating group) is 1. The van der Waals surface area contributed by atoms with Gasteiger partial charge >= 0.3 is 0 Å². The third-order valence-electron chi connectivity index (χ3n) is 8.52. The van der Waals surface area contributed by atoms with Crippen LogP contribution in [0.2, 0.25) is 0 Å². The van der Waals surface area contributed by atoms with Gasteiger partial charge in [-0.25, -0.2) is 0 Å². The Morgan fingerprint density at radius 3 is 1.94 bits per heavy atom. The van der Waals surface area contributed by atoms with Gasteiger partial charge in [-0.15, -0.1) is 11.3 Å². The Hall–Kier alpha value is -3.88. The lowest BCUT2D eigenvalue weighted by atomic mass is 9.95. The van der Waals surface area contributed by atoms with E-state index >= 15 is 0 Å². The summed E-state index contributed by atoms with van der Waals surface area (Å²) in [5.74, 6) is -4.18. The van der Waals surface area contributed by atoms with Gasteiger partial charge in [-0.2, -0.15) is 0 Å². The van der Waals surface area contributed by atoms with Gasteiger partial charge in [-0.05, 0) is 61.0 Å². The SMILES string of the molecule is CC[C@H](C)[C@H](NC(=O)[C@@H](Cc1csc2ccccc12)NC)C(=O)N[C@@H](CO)C(=O)N[C@H](CCC(N)=O)C(=O)N[C@@H](C(C)=O)[C@@H](C)CC. The zero-order chi connectivity index (χ0) is 35.3. The maximum atomic E-state index is 13.5. The van der Waals surface area contributed by atoms with Gasteiger partial charge in [-0.1, -0.05) is 58.7 Å². The van der Waals surface area contributed by atoms with Crippen molar-refractivity contribution in [2.24, 2.45) is 17.6 Å². The zero-order valence-corrected chi connectivity index (χ0v) is 28.9. The van der Waals surface area contributed by atoms with Gasteiger partial charge in [0, 0.05) is 11.1 Å². The summed E-state index contributed by atoms with van der Waals surface area (Å²) in [4.78, 5) is 77.0. The van der Waals surface area contributed by atoms with Crippen molar-refractivity contribution in [3.05, 3.63) is 35.2 Å². The number of fused-ring (bicyclic) bond motifs is 1. The minimum absolute atomic E-state index is 0.166. The fraction of sp³-hybridized carbons (Fsp3) is 0.576. The van der Waals surface area contributed by atoms with Crippen LogP contribution in [0.1, 0.15) is 65.9 Å². The van der Waals surface area contributed by atoms with E-state index in [1.807, 2.05) is 43.5 Å². The molecule has 7 atom stereocenters. The Bertz CT molecular complexity index is 1400. The van der Waals surface area contributed by atoms with Crippen molar-refractivity contribution < 1.29 is 33.9 Å². The van der Waals surface area contributed by atoms with E-state index in [0.717, 1.165) is 15.6 Å².